The SMILES string of the molecule is CN[Si](C)(C)C1C(C)=C(C)c2cc3c(cc21)OCO3. The highest BCUT2D eigenvalue weighted by molar-refractivity contribution is 6.77. The maximum absolute atomic E-state index is 5.54. The molecule has 0 fully saturated rings. The van der Waals surface area contributed by atoms with E-state index in [2.05, 4.69) is 51.1 Å². The van der Waals surface area contributed by atoms with Crippen molar-refractivity contribution in [3.63, 3.8) is 0 Å². The summed E-state index contributed by atoms with van der Waals surface area (Å²) in [6, 6.07) is 4.34. The van der Waals surface area contributed by atoms with Gasteiger partial charge in [0.2, 0.25) is 6.79 Å². The van der Waals surface area contributed by atoms with Crippen molar-refractivity contribution in [2.45, 2.75) is 32.5 Å². The Hall–Kier alpha value is -1.26. The van der Waals surface area contributed by atoms with Gasteiger partial charge in [0.15, 0.2) is 11.5 Å². The summed E-state index contributed by atoms with van der Waals surface area (Å²) in [5.74, 6) is 1.78. The Kier molecular flexibility index (Phi) is 2.76. The molecule has 3 nitrogen and oxygen atoms in total. The molecule has 0 amide bonds. The Morgan fingerprint density at radius 1 is 1.16 bits per heavy atom. The van der Waals surface area contributed by atoms with Crippen LogP contribution >= 0.6 is 0 Å². The maximum atomic E-state index is 5.54. The van der Waals surface area contributed by atoms with Crippen molar-refractivity contribution in [1.29, 1.82) is 0 Å². The number of benzene rings is 1. The Bertz CT molecular complexity index is 578. The van der Waals surface area contributed by atoms with E-state index < -0.39 is 8.24 Å². The topological polar surface area (TPSA) is 30.5 Å². The molecule has 19 heavy (non-hydrogen) atoms. The molecule has 4 heteroatoms. The molecule has 0 radical (unpaired) electrons. The van der Waals surface area contributed by atoms with E-state index in [4.69, 9.17) is 9.47 Å². The third-order valence-corrected chi connectivity index (χ3v) is 8.13. The van der Waals surface area contributed by atoms with Crippen LogP contribution in [0, 0.1) is 0 Å². The van der Waals surface area contributed by atoms with Gasteiger partial charge in [0.05, 0.1) is 0 Å². The number of nitrogens with one attached hydrogen (secondary N) is 1. The summed E-state index contributed by atoms with van der Waals surface area (Å²) in [5.41, 5.74) is 6.15. The molecule has 0 aromatic heterocycles. The van der Waals surface area contributed by atoms with Crippen molar-refractivity contribution in [2.75, 3.05) is 13.8 Å². The van der Waals surface area contributed by atoms with Gasteiger partial charge in [-0.1, -0.05) is 18.7 Å². The number of rotatable bonds is 2. The lowest BCUT2D eigenvalue weighted by atomic mass is 10.1. The molecule has 0 saturated heterocycles. The first-order chi connectivity index (χ1) is 8.95. The highest BCUT2D eigenvalue weighted by atomic mass is 28.3. The minimum atomic E-state index is -1.54. The molecule has 1 aliphatic carbocycles. The minimum absolute atomic E-state index is 0.345. The van der Waals surface area contributed by atoms with Gasteiger partial charge >= 0.3 is 0 Å². The smallest absolute Gasteiger partial charge is 0.231 e. The van der Waals surface area contributed by atoms with E-state index in [-0.39, 0.29) is 0 Å². The van der Waals surface area contributed by atoms with Gasteiger partial charge in [-0.05, 0) is 49.7 Å². The van der Waals surface area contributed by atoms with Crippen LogP contribution in [-0.4, -0.2) is 22.1 Å². The molecule has 0 bridgehead atoms. The Morgan fingerprint density at radius 3 is 2.42 bits per heavy atom. The molecule has 1 aromatic rings. The molecule has 3 rings (SSSR count). The van der Waals surface area contributed by atoms with Crippen LogP contribution in [0.5, 0.6) is 11.5 Å². The molecular formula is C15H21NO2Si. The molecule has 1 atom stereocenters. The minimum Gasteiger partial charge on any atom is -0.454 e. The molecule has 1 N–H and O–H groups in total. The van der Waals surface area contributed by atoms with Crippen LogP contribution in [-0.2, 0) is 0 Å². The van der Waals surface area contributed by atoms with Crippen LogP contribution in [0.2, 0.25) is 13.1 Å². The van der Waals surface area contributed by atoms with Crippen LogP contribution in [0.15, 0.2) is 17.7 Å². The first-order valence-electron chi connectivity index (χ1n) is 6.76. The van der Waals surface area contributed by atoms with E-state index in [0.29, 0.717) is 12.3 Å². The van der Waals surface area contributed by atoms with Crippen LogP contribution in [0.25, 0.3) is 5.57 Å². The zero-order valence-electron chi connectivity index (χ0n) is 12.3. The third-order valence-electron chi connectivity index (χ3n) is 4.65. The average Bonchev–Trinajstić information content (AvgIpc) is 2.92. The van der Waals surface area contributed by atoms with Crippen molar-refractivity contribution in [3.05, 3.63) is 28.8 Å². The zero-order chi connectivity index (χ0) is 13.8. The second kappa shape index (κ2) is 4.12. The number of hydrogen-bond donors (Lipinski definition) is 1. The number of ether oxygens (including phenoxy) is 2. The van der Waals surface area contributed by atoms with Crippen LogP contribution in [0.3, 0.4) is 0 Å². The number of hydrogen-bond acceptors (Lipinski definition) is 3. The lowest BCUT2D eigenvalue weighted by Gasteiger charge is -2.31. The molecular weight excluding hydrogens is 254 g/mol. The second-order valence-corrected chi connectivity index (χ2v) is 10.5. The highest BCUT2D eigenvalue weighted by Crippen LogP contribution is 2.49. The fourth-order valence-electron chi connectivity index (χ4n) is 3.26. The van der Waals surface area contributed by atoms with Gasteiger partial charge in [-0.15, -0.1) is 0 Å². The average molecular weight is 275 g/mol. The first-order valence-corrected chi connectivity index (χ1v) is 9.83. The summed E-state index contributed by atoms with van der Waals surface area (Å²) >= 11 is 0. The lowest BCUT2D eigenvalue weighted by molar-refractivity contribution is 0.174. The molecule has 1 unspecified atom stereocenters. The molecule has 1 aromatic carbocycles. The lowest BCUT2D eigenvalue weighted by Crippen LogP contribution is -2.48. The molecule has 1 aliphatic heterocycles. The zero-order valence-corrected chi connectivity index (χ0v) is 13.3. The van der Waals surface area contributed by atoms with Gasteiger partial charge in [-0.2, -0.15) is 0 Å². The normalized spacial score (nSPS) is 21.0. The maximum Gasteiger partial charge on any atom is 0.231 e. The molecule has 2 aliphatic rings. The summed E-state index contributed by atoms with van der Waals surface area (Å²) in [4.78, 5) is 3.58. The predicted octanol–water partition coefficient (Wildman–Crippen LogP) is 3.27. The van der Waals surface area contributed by atoms with Gasteiger partial charge in [0.25, 0.3) is 0 Å². The molecule has 0 saturated carbocycles. The fraction of sp³-hybridized carbons (Fsp3) is 0.467. The molecule has 102 valence electrons. The van der Waals surface area contributed by atoms with E-state index in [1.54, 1.807) is 0 Å². The monoisotopic (exact) mass is 275 g/mol. The van der Waals surface area contributed by atoms with Crippen LogP contribution in [0.4, 0.5) is 0 Å². The van der Waals surface area contributed by atoms with Crippen molar-refractivity contribution < 1.29 is 9.47 Å². The van der Waals surface area contributed by atoms with E-state index >= 15 is 0 Å². The van der Waals surface area contributed by atoms with Crippen molar-refractivity contribution in [2.24, 2.45) is 0 Å². The van der Waals surface area contributed by atoms with Gasteiger partial charge in [-0.3, -0.25) is 0 Å². The van der Waals surface area contributed by atoms with Gasteiger partial charge in [-0.25, -0.2) is 0 Å². The molecule has 0 spiro atoms. The quantitative estimate of drug-likeness (QED) is 0.840. The summed E-state index contributed by atoms with van der Waals surface area (Å²) in [6.45, 7) is 9.59. The first kappa shape index (κ1) is 12.8. The largest absolute Gasteiger partial charge is 0.454 e. The van der Waals surface area contributed by atoms with Gasteiger partial charge in [0.1, 0.15) is 8.24 Å². The van der Waals surface area contributed by atoms with Crippen molar-refractivity contribution in [1.82, 2.24) is 4.98 Å². The summed E-state index contributed by atoms with van der Waals surface area (Å²) < 4.78 is 11.0. The van der Waals surface area contributed by atoms with Gasteiger partial charge < -0.3 is 14.5 Å². The second-order valence-electron chi connectivity index (χ2n) is 6.01. The Labute approximate surface area is 115 Å². The Balaban J connectivity index is 2.18. The summed E-state index contributed by atoms with van der Waals surface area (Å²) in [5, 5.41) is 0. The standard InChI is InChI=1S/C15H21NO2Si/c1-9-10(2)15(19(4,5)16-3)12-7-14-13(6-11(9)12)17-8-18-14/h6-7,15-16H,8H2,1-5H3. The van der Waals surface area contributed by atoms with Crippen molar-refractivity contribution >= 4 is 13.8 Å². The number of fused-ring (bicyclic) bond motifs is 2. The molecule has 1 heterocycles. The Morgan fingerprint density at radius 2 is 1.79 bits per heavy atom. The van der Waals surface area contributed by atoms with E-state index in [1.807, 2.05) is 0 Å². The van der Waals surface area contributed by atoms with Crippen molar-refractivity contribution in [3.8, 4) is 11.5 Å². The van der Waals surface area contributed by atoms with Gasteiger partial charge in [0, 0.05) is 5.54 Å². The van der Waals surface area contributed by atoms with Crippen LogP contribution < -0.4 is 14.5 Å². The number of allylic oxidation sites excluding steroid dienone is 2. The van der Waals surface area contributed by atoms with E-state index in [1.165, 1.54) is 22.3 Å². The third kappa shape index (κ3) is 1.74. The van der Waals surface area contributed by atoms with Crippen LogP contribution in [0.1, 0.15) is 30.5 Å². The van der Waals surface area contributed by atoms with E-state index in [0.717, 1.165) is 11.5 Å². The predicted molar refractivity (Wildman–Crippen MR) is 80.1 cm³/mol. The summed E-state index contributed by atoms with van der Waals surface area (Å²) in [7, 11) is 0.546. The highest BCUT2D eigenvalue weighted by Gasteiger charge is 2.40. The summed E-state index contributed by atoms with van der Waals surface area (Å²) in [6.07, 6.45) is 0. The van der Waals surface area contributed by atoms with E-state index in [9.17, 15) is 0 Å². The fourth-order valence-corrected chi connectivity index (χ4v) is 5.86.